The number of hydrogen-bond acceptors (Lipinski definition) is 3. The summed E-state index contributed by atoms with van der Waals surface area (Å²) in [5.41, 5.74) is 5.57. The quantitative estimate of drug-likeness (QED) is 0.692. The average Bonchev–Trinajstić information content (AvgIpc) is 2.42. The lowest BCUT2D eigenvalue weighted by Crippen LogP contribution is -2.15. The Bertz CT molecular complexity index is 241. The van der Waals surface area contributed by atoms with Gasteiger partial charge in [0.15, 0.2) is 0 Å². The fraction of sp³-hybridized carbons (Fsp3) is 0.625. The number of nitrogens with one attached hydrogen (secondary N) is 1. The Morgan fingerprint density at radius 2 is 2.33 bits per heavy atom. The number of aromatic nitrogens is 2. The molecular formula is C8H16N4. The fourth-order valence-electron chi connectivity index (χ4n) is 1.13. The number of hydrogen-bond donors (Lipinski definition) is 2. The van der Waals surface area contributed by atoms with Crippen LogP contribution in [0.3, 0.4) is 0 Å². The van der Waals surface area contributed by atoms with Gasteiger partial charge in [0.2, 0.25) is 0 Å². The SMILES string of the molecule is CCNCc1nc(N)cn1CC. The summed E-state index contributed by atoms with van der Waals surface area (Å²) in [6.07, 6.45) is 1.87. The highest BCUT2D eigenvalue weighted by atomic mass is 15.1. The van der Waals surface area contributed by atoms with Crippen LogP contribution in [0.2, 0.25) is 0 Å². The van der Waals surface area contributed by atoms with Gasteiger partial charge in [0, 0.05) is 12.7 Å². The van der Waals surface area contributed by atoms with Crippen LogP contribution in [0.25, 0.3) is 0 Å². The molecule has 1 aromatic rings. The molecule has 1 heterocycles. The van der Waals surface area contributed by atoms with Crippen LogP contribution in [-0.4, -0.2) is 16.1 Å². The lowest BCUT2D eigenvalue weighted by molar-refractivity contribution is 0.629. The fourth-order valence-corrected chi connectivity index (χ4v) is 1.13. The minimum absolute atomic E-state index is 0.602. The normalized spacial score (nSPS) is 10.5. The third-order valence-corrected chi connectivity index (χ3v) is 1.75. The summed E-state index contributed by atoms with van der Waals surface area (Å²) in [7, 11) is 0. The minimum atomic E-state index is 0.602. The van der Waals surface area contributed by atoms with Crippen molar-refractivity contribution in [3.8, 4) is 0 Å². The maximum atomic E-state index is 5.57. The van der Waals surface area contributed by atoms with E-state index in [4.69, 9.17) is 5.73 Å². The van der Waals surface area contributed by atoms with Crippen LogP contribution in [0.1, 0.15) is 19.7 Å². The molecule has 0 spiro atoms. The predicted octanol–water partition coefficient (Wildman–Crippen LogP) is 0.595. The van der Waals surface area contributed by atoms with Gasteiger partial charge in [-0.05, 0) is 13.5 Å². The second-order valence-corrected chi connectivity index (χ2v) is 2.65. The maximum Gasteiger partial charge on any atom is 0.141 e. The van der Waals surface area contributed by atoms with E-state index < -0.39 is 0 Å². The first kappa shape index (κ1) is 9.06. The zero-order valence-corrected chi connectivity index (χ0v) is 7.67. The smallest absolute Gasteiger partial charge is 0.141 e. The second-order valence-electron chi connectivity index (χ2n) is 2.65. The van der Waals surface area contributed by atoms with Gasteiger partial charge in [0.05, 0.1) is 6.54 Å². The first-order valence-corrected chi connectivity index (χ1v) is 4.30. The lowest BCUT2D eigenvalue weighted by Gasteiger charge is -2.03. The highest BCUT2D eigenvalue weighted by molar-refractivity contribution is 5.25. The van der Waals surface area contributed by atoms with E-state index in [1.165, 1.54) is 0 Å². The number of rotatable bonds is 4. The Kier molecular flexibility index (Phi) is 3.10. The van der Waals surface area contributed by atoms with E-state index >= 15 is 0 Å². The molecular weight excluding hydrogens is 152 g/mol. The van der Waals surface area contributed by atoms with Gasteiger partial charge in [0.1, 0.15) is 11.6 Å². The van der Waals surface area contributed by atoms with Crippen LogP contribution < -0.4 is 11.1 Å². The standard InChI is InChI=1S/C8H16N4/c1-3-10-5-8-11-7(9)6-12(8)4-2/h6,10H,3-5,9H2,1-2H3. The lowest BCUT2D eigenvalue weighted by atomic mass is 10.5. The van der Waals surface area contributed by atoms with Crippen LogP contribution >= 0.6 is 0 Å². The molecule has 0 atom stereocenters. The topological polar surface area (TPSA) is 55.9 Å². The van der Waals surface area contributed by atoms with Crippen molar-refractivity contribution in [2.24, 2.45) is 0 Å². The third kappa shape index (κ3) is 1.98. The molecule has 0 amide bonds. The summed E-state index contributed by atoms with van der Waals surface area (Å²) in [6, 6.07) is 0. The summed E-state index contributed by atoms with van der Waals surface area (Å²) in [5, 5.41) is 3.21. The van der Waals surface area contributed by atoms with Crippen molar-refractivity contribution in [3.05, 3.63) is 12.0 Å². The van der Waals surface area contributed by atoms with E-state index in [-0.39, 0.29) is 0 Å². The van der Waals surface area contributed by atoms with Crippen molar-refractivity contribution in [1.82, 2.24) is 14.9 Å². The van der Waals surface area contributed by atoms with Gasteiger partial charge >= 0.3 is 0 Å². The predicted molar refractivity (Wildman–Crippen MR) is 49.7 cm³/mol. The molecule has 0 saturated carbocycles. The van der Waals surface area contributed by atoms with Gasteiger partial charge in [-0.2, -0.15) is 0 Å². The van der Waals surface area contributed by atoms with E-state index in [1.807, 2.05) is 6.20 Å². The van der Waals surface area contributed by atoms with E-state index in [0.717, 1.165) is 25.5 Å². The first-order chi connectivity index (χ1) is 5.77. The number of imidazole rings is 1. The molecule has 0 bridgehead atoms. The molecule has 12 heavy (non-hydrogen) atoms. The molecule has 0 aliphatic carbocycles. The molecule has 1 rings (SSSR count). The molecule has 68 valence electrons. The van der Waals surface area contributed by atoms with Crippen molar-refractivity contribution in [3.63, 3.8) is 0 Å². The zero-order valence-electron chi connectivity index (χ0n) is 7.67. The van der Waals surface area contributed by atoms with Gasteiger partial charge in [-0.15, -0.1) is 0 Å². The monoisotopic (exact) mass is 168 g/mol. The Balaban J connectivity index is 2.68. The number of nitrogens with two attached hydrogens (primary N) is 1. The summed E-state index contributed by atoms with van der Waals surface area (Å²) in [6.45, 7) is 6.82. The van der Waals surface area contributed by atoms with Gasteiger partial charge in [-0.3, -0.25) is 0 Å². The molecule has 0 saturated heterocycles. The molecule has 0 aliphatic heterocycles. The van der Waals surface area contributed by atoms with Gasteiger partial charge in [-0.1, -0.05) is 6.92 Å². The van der Waals surface area contributed by atoms with Crippen molar-refractivity contribution >= 4 is 5.82 Å². The van der Waals surface area contributed by atoms with Gasteiger partial charge in [0.25, 0.3) is 0 Å². The van der Waals surface area contributed by atoms with Crippen LogP contribution in [0.5, 0.6) is 0 Å². The highest BCUT2D eigenvalue weighted by Crippen LogP contribution is 2.03. The molecule has 0 unspecified atom stereocenters. The minimum Gasteiger partial charge on any atom is -0.382 e. The average molecular weight is 168 g/mol. The van der Waals surface area contributed by atoms with Crippen LogP contribution in [0.15, 0.2) is 6.20 Å². The molecule has 0 aromatic carbocycles. The van der Waals surface area contributed by atoms with Gasteiger partial charge < -0.3 is 15.6 Å². The van der Waals surface area contributed by atoms with Crippen LogP contribution in [0.4, 0.5) is 5.82 Å². The highest BCUT2D eigenvalue weighted by Gasteiger charge is 2.02. The molecule has 1 aromatic heterocycles. The molecule has 0 aliphatic rings. The largest absolute Gasteiger partial charge is 0.382 e. The third-order valence-electron chi connectivity index (χ3n) is 1.75. The zero-order chi connectivity index (χ0) is 8.97. The molecule has 0 fully saturated rings. The van der Waals surface area contributed by atoms with Crippen LogP contribution in [0, 0.1) is 0 Å². The summed E-state index contributed by atoms with van der Waals surface area (Å²) in [5.74, 6) is 1.61. The Morgan fingerprint density at radius 3 is 2.92 bits per heavy atom. The molecule has 4 nitrogen and oxygen atoms in total. The number of nitrogen functional groups attached to an aromatic ring is 1. The van der Waals surface area contributed by atoms with E-state index in [9.17, 15) is 0 Å². The Labute approximate surface area is 72.8 Å². The second kappa shape index (κ2) is 4.11. The molecule has 4 heteroatoms. The van der Waals surface area contributed by atoms with E-state index in [0.29, 0.717) is 5.82 Å². The maximum absolute atomic E-state index is 5.57. The summed E-state index contributed by atoms with van der Waals surface area (Å²) in [4.78, 5) is 4.20. The van der Waals surface area contributed by atoms with Crippen molar-refractivity contribution in [2.45, 2.75) is 26.9 Å². The first-order valence-electron chi connectivity index (χ1n) is 4.30. The van der Waals surface area contributed by atoms with Crippen molar-refractivity contribution < 1.29 is 0 Å². The Morgan fingerprint density at radius 1 is 1.58 bits per heavy atom. The number of nitrogens with zero attached hydrogens (tertiary/aromatic N) is 2. The molecule has 3 N–H and O–H groups in total. The van der Waals surface area contributed by atoms with E-state index in [2.05, 4.69) is 28.7 Å². The van der Waals surface area contributed by atoms with Gasteiger partial charge in [-0.25, -0.2) is 4.98 Å². The van der Waals surface area contributed by atoms with Crippen molar-refractivity contribution in [2.75, 3.05) is 12.3 Å². The van der Waals surface area contributed by atoms with Crippen molar-refractivity contribution in [1.29, 1.82) is 0 Å². The summed E-state index contributed by atoms with van der Waals surface area (Å²) < 4.78 is 2.05. The van der Waals surface area contributed by atoms with E-state index in [1.54, 1.807) is 0 Å². The molecule has 0 radical (unpaired) electrons. The van der Waals surface area contributed by atoms with Crippen LogP contribution in [-0.2, 0) is 13.1 Å². The number of aryl methyl sites for hydroxylation is 1. The number of anilines is 1. The summed E-state index contributed by atoms with van der Waals surface area (Å²) >= 11 is 0. The Hall–Kier alpha value is -1.03.